The van der Waals surface area contributed by atoms with Crippen LogP contribution in [0.15, 0.2) is 291 Å². The number of anilines is 3. The van der Waals surface area contributed by atoms with Gasteiger partial charge in [-0.25, -0.2) is 0 Å². The molecule has 0 amide bonds. The van der Waals surface area contributed by atoms with Gasteiger partial charge in [-0.15, -0.1) is 0 Å². The van der Waals surface area contributed by atoms with Crippen molar-refractivity contribution in [1.82, 2.24) is 4.57 Å². The Labute approximate surface area is 585 Å². The molecule has 0 radical (unpaired) electrons. The van der Waals surface area contributed by atoms with Crippen LogP contribution in [0.1, 0.15) is 126 Å². The van der Waals surface area contributed by atoms with Gasteiger partial charge < -0.3 is 14.2 Å². The van der Waals surface area contributed by atoms with Crippen LogP contribution in [0.4, 0.5) is 17.1 Å². The first-order chi connectivity index (χ1) is 53.5. The van der Waals surface area contributed by atoms with Crippen LogP contribution in [0.2, 0.25) is 0 Å². The van der Waals surface area contributed by atoms with Crippen molar-refractivity contribution in [3.8, 4) is 72.8 Å². The molecule has 13 aromatic carbocycles. The molecule has 0 saturated heterocycles. The third-order valence-corrected chi connectivity index (χ3v) is 19.5. The highest BCUT2D eigenvalue weighted by Crippen LogP contribution is 2.59. The molecule has 0 atom stereocenters. The predicted molar refractivity (Wildman–Crippen MR) is 402 cm³/mol. The summed E-state index contributed by atoms with van der Waals surface area (Å²) in [4.78, 5) is 2.27. The molecule has 0 unspecified atom stereocenters. The van der Waals surface area contributed by atoms with Gasteiger partial charge in [0.1, 0.15) is 11.5 Å². The molecule has 3 aliphatic rings. The smallest absolute Gasteiger partial charge is 0.256 e. The van der Waals surface area contributed by atoms with E-state index in [9.17, 15) is 19.2 Å². The summed E-state index contributed by atoms with van der Waals surface area (Å²) in [5, 5.41) is -0.234. The monoisotopic (exact) mass is 1240 g/mol. The number of fused-ring (bicyclic) bond motifs is 10. The average molecular weight is 1240 g/mol. The lowest BCUT2D eigenvalue weighted by atomic mass is 9.34. The van der Waals surface area contributed by atoms with Crippen LogP contribution in [-0.4, -0.2) is 11.3 Å². The quantitative estimate of drug-likeness (QED) is 0.141. The molecule has 0 bridgehead atoms. The van der Waals surface area contributed by atoms with E-state index in [2.05, 4.69) is 140 Å². The van der Waals surface area contributed by atoms with Crippen LogP contribution < -0.4 is 26.0 Å². The fraction of sp³-hybridized carbons (Fsp3) is 0.143. The van der Waals surface area contributed by atoms with Crippen molar-refractivity contribution in [2.24, 2.45) is 0 Å². The number of nitrogens with zero attached hydrogens (tertiary/aromatic N) is 2. The van der Waals surface area contributed by atoms with Crippen molar-refractivity contribution >= 4 is 62.0 Å². The Morgan fingerprint density at radius 3 is 1.49 bits per heavy atom. The highest BCUT2D eigenvalue weighted by Gasteiger charge is 2.49. The largest absolute Gasteiger partial charge is 0.458 e. The first-order valence-electron chi connectivity index (χ1n) is 41.3. The number of hydrogen-bond acceptors (Lipinski definition) is 2. The molecule has 0 fully saturated rings. The molecule has 14 aromatic rings. The molecular weight excluding hydrogens is 1150 g/mol. The van der Waals surface area contributed by atoms with Gasteiger partial charge in [0.15, 0.2) is 0 Å². The number of hydrogen-bond donors (Lipinski definition) is 0. The molecule has 95 heavy (non-hydrogen) atoms. The lowest BCUT2D eigenvalue weighted by Gasteiger charge is -2.42. The molecule has 0 saturated carbocycles. The van der Waals surface area contributed by atoms with E-state index in [0.29, 0.717) is 50.2 Å². The van der Waals surface area contributed by atoms with Crippen molar-refractivity contribution in [3.05, 3.63) is 330 Å². The van der Waals surface area contributed by atoms with E-state index in [4.69, 9.17) is 10.2 Å². The maximum absolute atomic E-state index is 9.90. The fourth-order valence-electron chi connectivity index (χ4n) is 14.9. The van der Waals surface area contributed by atoms with Crippen LogP contribution in [0.5, 0.6) is 11.5 Å². The van der Waals surface area contributed by atoms with Gasteiger partial charge in [-0.05, 0) is 159 Å². The number of rotatable bonds is 8. The molecule has 0 N–H and O–H groups in total. The summed E-state index contributed by atoms with van der Waals surface area (Å²) in [5.41, 5.74) is 11.5. The normalized spacial score (nSPS) is 16.3. The summed E-state index contributed by atoms with van der Waals surface area (Å²) in [7, 11) is 0. The van der Waals surface area contributed by atoms with E-state index in [1.165, 1.54) is 4.57 Å². The molecule has 1 aromatic heterocycles. The van der Waals surface area contributed by atoms with Crippen LogP contribution in [0.25, 0.3) is 83.1 Å². The molecule has 17 rings (SSSR count). The number of aromatic nitrogens is 1. The van der Waals surface area contributed by atoms with Crippen molar-refractivity contribution in [1.29, 1.82) is 0 Å². The second kappa shape index (κ2) is 21.7. The molecule has 3 nitrogen and oxygen atoms in total. The van der Waals surface area contributed by atoms with Gasteiger partial charge in [-0.2, -0.15) is 0 Å². The van der Waals surface area contributed by atoms with Crippen LogP contribution >= 0.6 is 0 Å². The van der Waals surface area contributed by atoms with Crippen molar-refractivity contribution in [2.45, 2.75) is 84.0 Å². The zero-order chi connectivity index (χ0) is 80.4. The highest BCUT2D eigenvalue weighted by atomic mass is 16.5. The summed E-state index contributed by atoms with van der Waals surface area (Å²) in [6, 6.07) is 49.1. The summed E-state index contributed by atoms with van der Waals surface area (Å²) >= 11 is 0. The zero-order valence-corrected chi connectivity index (χ0v) is 54.2. The van der Waals surface area contributed by atoms with Gasteiger partial charge in [0.05, 0.1) is 52.5 Å². The van der Waals surface area contributed by atoms with Gasteiger partial charge in [0, 0.05) is 39.3 Å². The van der Waals surface area contributed by atoms with Gasteiger partial charge >= 0.3 is 0 Å². The lowest BCUT2D eigenvalue weighted by molar-refractivity contribution is 0.487. The maximum atomic E-state index is 9.90. The third-order valence-electron chi connectivity index (χ3n) is 19.5. The Balaban J connectivity index is 1.04. The average Bonchev–Trinajstić information content (AvgIpc) is 1.49. The molecular formula is C91H75BN2O. The van der Waals surface area contributed by atoms with E-state index in [1.807, 2.05) is 78.9 Å². The SMILES string of the molecule is [2H]c1c([2H])c([2H])c(C2(c3c([2H])c([2H])c([2H])c([2H])c3[2H])c3ccccc3-c3cccc(-c4ccc5c(c4)Oc4cc(-n6c7c([2H])c([2H])c([2H])c([2H])c7c7c([2H])c([2H])c([2H])c([2H])c76)cc6c4B5c4ccc(-c5cc(C(C)(C)C)cc(C(C)(C)C)c5)cc4N6c4c(-c5ccccc5)cc(C(C)(C)C)cc4-c4ccccc4)c32)c([2H])c1[2H]. The van der Waals surface area contributed by atoms with E-state index in [1.54, 1.807) is 30.3 Å². The second-order valence-corrected chi connectivity index (χ2v) is 28.3. The molecule has 1 aliphatic carbocycles. The summed E-state index contributed by atoms with van der Waals surface area (Å²) in [5.74, 6) is 0.558. The minimum atomic E-state index is -2.21. The van der Waals surface area contributed by atoms with Gasteiger partial charge in [-0.1, -0.05) is 305 Å². The first-order valence-corrected chi connectivity index (χ1v) is 32.3. The summed E-state index contributed by atoms with van der Waals surface area (Å²) < 4.78 is 180. The van der Waals surface area contributed by atoms with E-state index >= 15 is 0 Å². The minimum Gasteiger partial charge on any atom is -0.458 e. The second-order valence-electron chi connectivity index (χ2n) is 28.3. The van der Waals surface area contributed by atoms with Gasteiger partial charge in [0.25, 0.3) is 6.71 Å². The predicted octanol–water partition coefficient (Wildman–Crippen LogP) is 22.1. The Morgan fingerprint density at radius 1 is 0.379 bits per heavy atom. The van der Waals surface area contributed by atoms with E-state index in [-0.39, 0.29) is 60.8 Å². The maximum Gasteiger partial charge on any atom is 0.256 e. The first kappa shape index (κ1) is 41.8. The summed E-state index contributed by atoms with van der Waals surface area (Å²) in [6.07, 6.45) is 0. The topological polar surface area (TPSA) is 17.4 Å². The molecule has 3 heterocycles. The van der Waals surface area contributed by atoms with Crippen molar-refractivity contribution in [2.75, 3.05) is 4.90 Å². The standard InChI is InChI=1S/C91H75BN2O/c1-88(2,3)65-49-62(50-66(53-65)89(4,5)6)60-45-47-77-81(51-60)94(87-74(58-29-14-10-15-30-58)54-67(90(7,8)9)55-75(87)59-31-16-11-17-32-59)82-56-68(93-79-43-26-23-38-71(79)72-39-24-27-44-80(72)93)57-84-86(82)92(77)78-48-46-61(52-83(78)95-84)69-40-28-41-73-70-37-22-25-42-76(70)91(85(69)73,63-33-18-12-19-34-63)64-35-20-13-21-36-64/h10-57H,1-9H3/i12D,13D,18D,19D,20D,21D,23D,24D,26D,27D,33D,34D,35D,36D,38D,39D,43D,44D. The number of benzene rings is 13. The van der Waals surface area contributed by atoms with Crippen molar-refractivity contribution in [3.63, 3.8) is 0 Å². The van der Waals surface area contributed by atoms with Crippen LogP contribution in [0, 0.1) is 0 Å². The Bertz CT molecular complexity index is 6240. The third kappa shape index (κ3) is 9.23. The van der Waals surface area contributed by atoms with E-state index < -0.39 is 126 Å². The molecule has 0 spiro atoms. The minimum absolute atomic E-state index is 0.108. The van der Waals surface area contributed by atoms with Crippen LogP contribution in [-0.2, 0) is 21.7 Å². The Hall–Kier alpha value is -10.7. The number of para-hydroxylation sites is 2. The molecule has 458 valence electrons. The molecule has 2 aliphatic heterocycles. The van der Waals surface area contributed by atoms with Crippen LogP contribution in [0.3, 0.4) is 0 Å². The van der Waals surface area contributed by atoms with E-state index in [0.717, 1.165) is 66.9 Å². The highest BCUT2D eigenvalue weighted by molar-refractivity contribution is 6.99. The summed E-state index contributed by atoms with van der Waals surface area (Å²) in [6.45, 7) is 19.1. The molecule has 4 heteroatoms. The lowest BCUT2D eigenvalue weighted by Crippen LogP contribution is -2.59. The fourth-order valence-corrected chi connectivity index (χ4v) is 14.9. The number of ether oxygens (including phenoxy) is 1. The zero-order valence-electron chi connectivity index (χ0n) is 72.2. The Morgan fingerprint density at radius 2 is 0.895 bits per heavy atom. The Kier molecular flexibility index (Phi) is 9.55. The van der Waals surface area contributed by atoms with Gasteiger partial charge in [0.2, 0.25) is 0 Å². The van der Waals surface area contributed by atoms with Gasteiger partial charge in [-0.3, -0.25) is 0 Å². The van der Waals surface area contributed by atoms with Crippen molar-refractivity contribution < 1.29 is 29.4 Å².